The van der Waals surface area contributed by atoms with Gasteiger partial charge in [-0.05, 0) is 5.56 Å². The molecule has 4 nitrogen and oxygen atoms in total. The number of nitrogens with one attached hydrogen (secondary N) is 1. The number of rotatable bonds is 6. The Morgan fingerprint density at radius 1 is 1.20 bits per heavy atom. The summed E-state index contributed by atoms with van der Waals surface area (Å²) in [7, 11) is 0. The van der Waals surface area contributed by atoms with E-state index in [1.807, 2.05) is 18.2 Å². The molecule has 2 aromatic rings. The molecule has 0 amide bonds. The lowest BCUT2D eigenvalue weighted by Gasteiger charge is -2.12. The average Bonchev–Trinajstić information content (AvgIpc) is 2.88. The third-order valence-corrected chi connectivity index (χ3v) is 3.40. The number of aromatic nitrogens is 2. The lowest BCUT2D eigenvalue weighted by molar-refractivity contribution is 0.130. The van der Waals surface area contributed by atoms with Crippen molar-refractivity contribution in [3.8, 4) is 0 Å². The van der Waals surface area contributed by atoms with Crippen LogP contribution < -0.4 is 5.32 Å². The predicted molar refractivity (Wildman–Crippen MR) is 83.2 cm³/mol. The zero-order valence-corrected chi connectivity index (χ0v) is 13.0. The van der Waals surface area contributed by atoms with Crippen molar-refractivity contribution < 1.29 is 4.74 Å². The number of nitrogens with zero attached hydrogens (tertiary/aromatic N) is 2. The van der Waals surface area contributed by atoms with Crippen molar-refractivity contribution in [2.45, 2.75) is 32.8 Å². The second-order valence-electron chi connectivity index (χ2n) is 5.64. The summed E-state index contributed by atoms with van der Waals surface area (Å²) < 4.78 is 9.97. The second-order valence-corrected chi connectivity index (χ2v) is 6.39. The van der Waals surface area contributed by atoms with Gasteiger partial charge in [0.1, 0.15) is 5.82 Å². The molecule has 0 radical (unpaired) electrons. The van der Waals surface area contributed by atoms with E-state index < -0.39 is 0 Å². The van der Waals surface area contributed by atoms with Crippen LogP contribution in [0.2, 0.25) is 0 Å². The molecule has 5 heteroatoms. The Morgan fingerprint density at radius 3 is 2.60 bits per heavy atom. The molecular weight excluding hydrogens is 270 g/mol. The van der Waals surface area contributed by atoms with E-state index in [9.17, 15) is 0 Å². The van der Waals surface area contributed by atoms with Gasteiger partial charge in [-0.15, -0.1) is 0 Å². The van der Waals surface area contributed by atoms with E-state index in [0.717, 1.165) is 17.5 Å². The van der Waals surface area contributed by atoms with Crippen molar-refractivity contribution in [2.75, 3.05) is 18.5 Å². The molecule has 0 unspecified atom stereocenters. The van der Waals surface area contributed by atoms with Crippen LogP contribution in [-0.2, 0) is 16.8 Å². The van der Waals surface area contributed by atoms with Crippen molar-refractivity contribution in [3.63, 3.8) is 0 Å². The highest BCUT2D eigenvalue weighted by molar-refractivity contribution is 7.09. The fraction of sp³-hybridized carbons (Fsp3) is 0.467. The highest BCUT2D eigenvalue weighted by Crippen LogP contribution is 2.22. The van der Waals surface area contributed by atoms with Crippen LogP contribution in [0.25, 0.3) is 0 Å². The Labute approximate surface area is 124 Å². The largest absolute Gasteiger partial charge is 0.375 e. The molecular formula is C15H21N3OS. The summed E-state index contributed by atoms with van der Waals surface area (Å²) in [5.41, 5.74) is 1.19. The van der Waals surface area contributed by atoms with Gasteiger partial charge in [0.05, 0.1) is 13.2 Å². The molecule has 20 heavy (non-hydrogen) atoms. The molecule has 0 fully saturated rings. The summed E-state index contributed by atoms with van der Waals surface area (Å²) >= 11 is 1.40. The Morgan fingerprint density at radius 2 is 1.95 bits per heavy atom. The van der Waals surface area contributed by atoms with Crippen molar-refractivity contribution in [1.82, 2.24) is 9.36 Å². The molecule has 0 aliphatic carbocycles. The first-order valence-electron chi connectivity index (χ1n) is 6.75. The Bertz CT molecular complexity index is 519. The molecule has 1 aromatic heterocycles. The van der Waals surface area contributed by atoms with Crippen molar-refractivity contribution >= 4 is 16.7 Å². The summed E-state index contributed by atoms with van der Waals surface area (Å²) in [6.07, 6.45) is 0. The van der Waals surface area contributed by atoms with Crippen LogP contribution in [0, 0.1) is 0 Å². The van der Waals surface area contributed by atoms with Crippen LogP contribution in [0.5, 0.6) is 0 Å². The van der Waals surface area contributed by atoms with E-state index in [2.05, 4.69) is 47.6 Å². The van der Waals surface area contributed by atoms with Gasteiger partial charge in [0, 0.05) is 23.5 Å². The van der Waals surface area contributed by atoms with Gasteiger partial charge in [0.15, 0.2) is 0 Å². The SMILES string of the molecule is CC(C)(C)c1nsc(NCCOCc2ccccc2)n1. The minimum Gasteiger partial charge on any atom is -0.375 e. The van der Waals surface area contributed by atoms with Gasteiger partial charge >= 0.3 is 0 Å². The molecule has 0 saturated heterocycles. The zero-order valence-electron chi connectivity index (χ0n) is 12.2. The van der Waals surface area contributed by atoms with Gasteiger partial charge in [-0.2, -0.15) is 4.37 Å². The van der Waals surface area contributed by atoms with E-state index in [1.54, 1.807) is 0 Å². The van der Waals surface area contributed by atoms with Crippen LogP contribution in [0.15, 0.2) is 30.3 Å². The first kappa shape index (κ1) is 14.9. The number of benzene rings is 1. The number of ether oxygens (including phenoxy) is 1. The molecule has 0 aliphatic heterocycles. The number of anilines is 1. The second kappa shape index (κ2) is 6.81. The Kier molecular flexibility index (Phi) is 5.09. The average molecular weight is 291 g/mol. The van der Waals surface area contributed by atoms with Crippen LogP contribution in [0.1, 0.15) is 32.2 Å². The Balaban J connectivity index is 1.67. The van der Waals surface area contributed by atoms with Gasteiger partial charge in [-0.1, -0.05) is 51.1 Å². The zero-order chi connectivity index (χ0) is 14.4. The first-order valence-corrected chi connectivity index (χ1v) is 7.53. The van der Waals surface area contributed by atoms with E-state index in [1.165, 1.54) is 17.1 Å². The highest BCUT2D eigenvalue weighted by Gasteiger charge is 2.19. The van der Waals surface area contributed by atoms with E-state index in [4.69, 9.17) is 4.74 Å². The fourth-order valence-electron chi connectivity index (χ4n) is 1.59. The minimum atomic E-state index is 0.000237. The van der Waals surface area contributed by atoms with Crippen molar-refractivity contribution in [2.24, 2.45) is 0 Å². The smallest absolute Gasteiger partial charge is 0.202 e. The van der Waals surface area contributed by atoms with Gasteiger partial charge in [0.25, 0.3) is 0 Å². The van der Waals surface area contributed by atoms with Gasteiger partial charge in [0.2, 0.25) is 5.13 Å². The van der Waals surface area contributed by atoms with E-state index >= 15 is 0 Å². The van der Waals surface area contributed by atoms with Gasteiger partial charge < -0.3 is 10.1 Å². The maximum absolute atomic E-state index is 5.61. The molecule has 0 spiro atoms. The molecule has 0 atom stereocenters. The lowest BCUT2D eigenvalue weighted by atomic mass is 9.96. The van der Waals surface area contributed by atoms with Crippen molar-refractivity contribution in [3.05, 3.63) is 41.7 Å². The third kappa shape index (κ3) is 4.58. The fourth-order valence-corrected chi connectivity index (χ4v) is 2.38. The van der Waals surface area contributed by atoms with E-state index in [-0.39, 0.29) is 5.41 Å². The minimum absolute atomic E-state index is 0.000237. The van der Waals surface area contributed by atoms with Gasteiger partial charge in [-0.3, -0.25) is 0 Å². The van der Waals surface area contributed by atoms with Crippen LogP contribution in [0.4, 0.5) is 5.13 Å². The quantitative estimate of drug-likeness (QED) is 0.828. The molecule has 1 heterocycles. The highest BCUT2D eigenvalue weighted by atomic mass is 32.1. The summed E-state index contributed by atoms with van der Waals surface area (Å²) in [5, 5.41) is 4.10. The summed E-state index contributed by atoms with van der Waals surface area (Å²) in [5.74, 6) is 0.884. The summed E-state index contributed by atoms with van der Waals surface area (Å²) in [4.78, 5) is 4.48. The summed E-state index contributed by atoms with van der Waals surface area (Å²) in [6.45, 7) is 8.38. The molecule has 1 N–H and O–H groups in total. The lowest BCUT2D eigenvalue weighted by Crippen LogP contribution is -2.14. The third-order valence-electron chi connectivity index (χ3n) is 2.73. The number of hydrogen-bond acceptors (Lipinski definition) is 5. The van der Waals surface area contributed by atoms with Crippen LogP contribution in [0.3, 0.4) is 0 Å². The molecule has 0 bridgehead atoms. The predicted octanol–water partition coefficient (Wildman–Crippen LogP) is 3.46. The van der Waals surface area contributed by atoms with Crippen LogP contribution in [-0.4, -0.2) is 22.5 Å². The van der Waals surface area contributed by atoms with Crippen molar-refractivity contribution in [1.29, 1.82) is 0 Å². The van der Waals surface area contributed by atoms with Gasteiger partial charge in [-0.25, -0.2) is 4.98 Å². The van der Waals surface area contributed by atoms with Crippen LogP contribution >= 0.6 is 11.5 Å². The molecule has 0 aliphatic rings. The maximum Gasteiger partial charge on any atom is 0.202 e. The number of hydrogen-bond donors (Lipinski definition) is 1. The summed E-state index contributed by atoms with van der Waals surface area (Å²) in [6, 6.07) is 10.2. The maximum atomic E-state index is 5.61. The topological polar surface area (TPSA) is 47.0 Å². The monoisotopic (exact) mass is 291 g/mol. The molecule has 2 rings (SSSR count). The Hall–Kier alpha value is -1.46. The molecule has 0 saturated carbocycles. The molecule has 108 valence electrons. The first-order chi connectivity index (χ1) is 9.55. The normalized spacial score (nSPS) is 11.6. The van der Waals surface area contributed by atoms with E-state index in [0.29, 0.717) is 13.2 Å². The molecule has 1 aromatic carbocycles. The standard InChI is InChI=1S/C15H21N3OS/c1-15(2,3)13-17-14(20-18-13)16-9-10-19-11-12-7-5-4-6-8-12/h4-8H,9-11H2,1-3H3,(H,16,17,18).